The topological polar surface area (TPSA) is 104 Å². The monoisotopic (exact) mass is 367 g/mol. The molecule has 128 valence electrons. The van der Waals surface area contributed by atoms with Crippen LogP contribution in [0, 0.1) is 0 Å². The second-order valence-corrected chi connectivity index (χ2v) is 8.23. The zero-order valence-corrected chi connectivity index (χ0v) is 14.7. The van der Waals surface area contributed by atoms with Crippen LogP contribution in [0.5, 0.6) is 0 Å². The molecule has 3 rings (SSSR count). The van der Waals surface area contributed by atoms with Gasteiger partial charge in [0.1, 0.15) is 0 Å². The van der Waals surface area contributed by atoms with Crippen LogP contribution in [0.4, 0.5) is 16.5 Å². The summed E-state index contributed by atoms with van der Waals surface area (Å²) in [6, 6.07) is 7.24. The van der Waals surface area contributed by atoms with Gasteiger partial charge in [-0.2, -0.15) is 8.42 Å². The van der Waals surface area contributed by atoms with Crippen molar-refractivity contribution in [3.63, 3.8) is 0 Å². The summed E-state index contributed by atoms with van der Waals surface area (Å²) in [7, 11) is -3.83. The molecule has 0 atom stereocenters. The van der Waals surface area contributed by atoms with E-state index < -0.39 is 10.0 Å². The summed E-state index contributed by atoms with van der Waals surface area (Å²) in [5.74, 6) is -0.333. The molecule has 1 fully saturated rings. The van der Waals surface area contributed by atoms with Crippen molar-refractivity contribution < 1.29 is 13.2 Å². The highest BCUT2D eigenvalue weighted by Crippen LogP contribution is 2.25. The fraction of sp³-hybridized carbons (Fsp3) is 0.357. The maximum atomic E-state index is 12.3. The van der Waals surface area contributed by atoms with Crippen LogP contribution in [0.15, 0.2) is 28.6 Å². The number of amides is 1. The predicted molar refractivity (Wildman–Crippen MR) is 92.9 cm³/mol. The molecule has 0 radical (unpaired) electrons. The van der Waals surface area contributed by atoms with Crippen molar-refractivity contribution in [2.75, 3.05) is 28.0 Å². The number of nitrogens with zero attached hydrogens (tertiary/aromatic N) is 3. The lowest BCUT2D eigenvalue weighted by Gasteiger charge is -2.17. The van der Waals surface area contributed by atoms with E-state index in [1.54, 1.807) is 12.1 Å². The number of benzene rings is 1. The minimum absolute atomic E-state index is 0.146. The molecule has 2 N–H and O–H groups in total. The Hall–Kier alpha value is -2.20. The Kier molecular flexibility index (Phi) is 4.67. The lowest BCUT2D eigenvalue weighted by molar-refractivity contribution is -0.114. The first kappa shape index (κ1) is 16.7. The van der Waals surface area contributed by atoms with E-state index in [9.17, 15) is 13.2 Å². The molecule has 1 aromatic carbocycles. The Balaban J connectivity index is 1.71. The quantitative estimate of drug-likeness (QED) is 0.782. The number of hydrogen-bond acceptors (Lipinski definition) is 7. The van der Waals surface area contributed by atoms with Gasteiger partial charge in [0, 0.05) is 31.4 Å². The van der Waals surface area contributed by atoms with Gasteiger partial charge in [0.15, 0.2) is 0 Å². The van der Waals surface area contributed by atoms with Crippen molar-refractivity contribution in [2.24, 2.45) is 0 Å². The molecule has 0 saturated carbocycles. The fourth-order valence-electron chi connectivity index (χ4n) is 2.43. The van der Waals surface area contributed by atoms with Crippen LogP contribution >= 0.6 is 11.3 Å². The van der Waals surface area contributed by atoms with Gasteiger partial charge in [0.2, 0.25) is 11.0 Å². The number of hydrogen-bond donors (Lipinski definition) is 2. The van der Waals surface area contributed by atoms with E-state index >= 15 is 0 Å². The van der Waals surface area contributed by atoms with Crippen LogP contribution < -0.4 is 14.9 Å². The number of anilines is 3. The molecule has 1 aliphatic heterocycles. The van der Waals surface area contributed by atoms with E-state index in [0.29, 0.717) is 5.69 Å². The van der Waals surface area contributed by atoms with Gasteiger partial charge in [-0.25, -0.2) is 0 Å². The number of nitrogens with one attached hydrogen (secondary N) is 2. The van der Waals surface area contributed by atoms with Crippen LogP contribution in [0.1, 0.15) is 19.8 Å². The first-order valence-corrected chi connectivity index (χ1v) is 9.73. The minimum Gasteiger partial charge on any atom is -0.372 e. The smallest absolute Gasteiger partial charge is 0.291 e. The molecule has 1 aliphatic rings. The molecule has 8 nitrogen and oxygen atoms in total. The second-order valence-electron chi connectivity index (χ2n) is 5.40. The Morgan fingerprint density at radius 3 is 2.46 bits per heavy atom. The summed E-state index contributed by atoms with van der Waals surface area (Å²) in [6.45, 7) is 3.37. The summed E-state index contributed by atoms with van der Waals surface area (Å²) in [6.07, 6.45) is 2.37. The molecule has 0 spiro atoms. The highest BCUT2D eigenvalue weighted by atomic mass is 32.2. The van der Waals surface area contributed by atoms with Gasteiger partial charge >= 0.3 is 0 Å². The van der Waals surface area contributed by atoms with Gasteiger partial charge in [0.25, 0.3) is 14.4 Å². The zero-order chi connectivity index (χ0) is 17.2. The molecule has 0 unspecified atom stereocenters. The van der Waals surface area contributed by atoms with E-state index in [2.05, 4.69) is 25.1 Å². The molecule has 1 amide bonds. The predicted octanol–water partition coefficient (Wildman–Crippen LogP) is 1.90. The van der Waals surface area contributed by atoms with Crippen LogP contribution in [0.2, 0.25) is 0 Å². The van der Waals surface area contributed by atoms with Gasteiger partial charge in [0.05, 0.1) is 0 Å². The third-order valence-electron chi connectivity index (χ3n) is 3.51. The van der Waals surface area contributed by atoms with Crippen LogP contribution in [-0.4, -0.2) is 37.6 Å². The van der Waals surface area contributed by atoms with Crippen LogP contribution in [0.25, 0.3) is 0 Å². The van der Waals surface area contributed by atoms with Gasteiger partial charge in [-0.15, -0.1) is 10.2 Å². The van der Waals surface area contributed by atoms with E-state index in [0.717, 1.165) is 30.1 Å². The van der Waals surface area contributed by atoms with Gasteiger partial charge in [-0.05, 0) is 37.1 Å². The number of carbonyl (C=O) groups excluding carboxylic acids is 1. The van der Waals surface area contributed by atoms with Crippen molar-refractivity contribution in [1.82, 2.24) is 10.2 Å². The van der Waals surface area contributed by atoms with Crippen molar-refractivity contribution >= 4 is 43.8 Å². The van der Waals surface area contributed by atoms with E-state index in [-0.39, 0.29) is 15.4 Å². The molecular weight excluding hydrogens is 350 g/mol. The van der Waals surface area contributed by atoms with Crippen molar-refractivity contribution in [3.8, 4) is 0 Å². The van der Waals surface area contributed by atoms with Crippen molar-refractivity contribution in [3.05, 3.63) is 24.3 Å². The SMILES string of the molecule is CC(=O)Nc1nnc(S(=O)(=O)Nc2ccc(N3CCCC3)cc2)s1. The van der Waals surface area contributed by atoms with E-state index in [1.807, 2.05) is 12.1 Å². The summed E-state index contributed by atoms with van der Waals surface area (Å²) in [5.41, 5.74) is 1.54. The largest absolute Gasteiger partial charge is 0.372 e. The van der Waals surface area contributed by atoms with Gasteiger partial charge < -0.3 is 10.2 Å². The molecule has 10 heteroatoms. The molecule has 24 heavy (non-hydrogen) atoms. The Morgan fingerprint density at radius 2 is 1.83 bits per heavy atom. The third kappa shape index (κ3) is 3.82. The molecule has 1 saturated heterocycles. The normalized spacial score (nSPS) is 14.6. The van der Waals surface area contributed by atoms with E-state index in [4.69, 9.17) is 0 Å². The summed E-state index contributed by atoms with van der Waals surface area (Å²) >= 11 is 0.798. The second kappa shape index (κ2) is 6.73. The number of rotatable bonds is 5. The number of carbonyl (C=O) groups is 1. The molecule has 2 heterocycles. The van der Waals surface area contributed by atoms with Crippen LogP contribution in [-0.2, 0) is 14.8 Å². The minimum atomic E-state index is -3.83. The molecule has 0 bridgehead atoms. The Labute approximate surface area is 144 Å². The lowest BCUT2D eigenvalue weighted by Crippen LogP contribution is -2.17. The average molecular weight is 367 g/mol. The highest BCUT2D eigenvalue weighted by Gasteiger charge is 2.21. The molecular formula is C14H17N5O3S2. The number of sulfonamides is 1. The average Bonchev–Trinajstić information content (AvgIpc) is 3.18. The van der Waals surface area contributed by atoms with Gasteiger partial charge in [-0.1, -0.05) is 11.3 Å². The fourth-order valence-corrected chi connectivity index (χ4v) is 4.44. The van der Waals surface area contributed by atoms with Gasteiger partial charge in [-0.3, -0.25) is 9.52 Å². The first-order valence-electron chi connectivity index (χ1n) is 7.43. The Morgan fingerprint density at radius 1 is 1.17 bits per heavy atom. The summed E-state index contributed by atoms with van der Waals surface area (Å²) in [5, 5.41) is 9.81. The zero-order valence-electron chi connectivity index (χ0n) is 13.0. The molecule has 2 aromatic rings. The third-order valence-corrected chi connectivity index (χ3v) is 6.10. The molecule has 0 aliphatic carbocycles. The highest BCUT2D eigenvalue weighted by molar-refractivity contribution is 7.94. The standard InChI is InChI=1S/C14H17N5O3S2/c1-10(20)15-13-16-17-14(23-13)24(21,22)18-11-4-6-12(7-5-11)19-8-2-3-9-19/h4-7,18H,2-3,8-9H2,1H3,(H,15,16,20). The van der Waals surface area contributed by atoms with Crippen molar-refractivity contribution in [2.45, 2.75) is 24.1 Å². The first-order chi connectivity index (χ1) is 11.4. The lowest BCUT2D eigenvalue weighted by atomic mass is 10.2. The summed E-state index contributed by atoms with van der Waals surface area (Å²) < 4.78 is 26.9. The maximum Gasteiger partial charge on any atom is 0.291 e. The Bertz CT molecular complexity index is 826. The molecule has 1 aromatic heterocycles. The van der Waals surface area contributed by atoms with Crippen LogP contribution in [0.3, 0.4) is 0 Å². The summed E-state index contributed by atoms with van der Waals surface area (Å²) in [4.78, 5) is 13.2. The van der Waals surface area contributed by atoms with Crippen molar-refractivity contribution in [1.29, 1.82) is 0 Å². The maximum absolute atomic E-state index is 12.3. The van der Waals surface area contributed by atoms with E-state index in [1.165, 1.54) is 19.8 Å². The number of aromatic nitrogens is 2.